The molecule has 1 aliphatic rings. The van der Waals surface area contributed by atoms with E-state index in [4.69, 9.17) is 0 Å². The molecule has 1 amide bonds. The largest absolute Gasteiger partial charge is 0.326 e. The molecule has 0 unspecified atom stereocenters. The third-order valence-electron chi connectivity index (χ3n) is 3.62. The number of non-ortho nitro benzene ring substituents is 1. The molecule has 0 radical (unpaired) electrons. The van der Waals surface area contributed by atoms with Crippen LogP contribution in [0.1, 0.15) is 38.5 Å². The van der Waals surface area contributed by atoms with Gasteiger partial charge >= 0.3 is 0 Å². The summed E-state index contributed by atoms with van der Waals surface area (Å²) in [7, 11) is 0. The predicted molar refractivity (Wildman–Crippen MR) is 72.9 cm³/mol. The van der Waals surface area contributed by atoms with Gasteiger partial charge in [-0.05, 0) is 24.5 Å². The van der Waals surface area contributed by atoms with Gasteiger partial charge in [0.15, 0.2) is 0 Å². The van der Waals surface area contributed by atoms with Gasteiger partial charge in [0.1, 0.15) is 0 Å². The first-order valence-electron chi connectivity index (χ1n) is 6.69. The molecule has 1 aliphatic carbocycles. The van der Waals surface area contributed by atoms with Crippen molar-refractivity contribution in [3.63, 3.8) is 0 Å². The summed E-state index contributed by atoms with van der Waals surface area (Å²) in [5.74, 6) is 0.684. The van der Waals surface area contributed by atoms with Crippen LogP contribution in [0.2, 0.25) is 0 Å². The first-order chi connectivity index (χ1) is 9.15. The molecule has 5 heteroatoms. The van der Waals surface area contributed by atoms with Crippen LogP contribution in [0.3, 0.4) is 0 Å². The van der Waals surface area contributed by atoms with E-state index in [9.17, 15) is 14.9 Å². The predicted octanol–water partition coefficient (Wildman–Crippen LogP) is 3.50. The first kappa shape index (κ1) is 13.5. The number of hydrogen-bond donors (Lipinski definition) is 1. The van der Waals surface area contributed by atoms with Gasteiger partial charge in [-0.1, -0.05) is 25.7 Å². The van der Waals surface area contributed by atoms with Gasteiger partial charge in [-0.3, -0.25) is 14.9 Å². The number of nitro groups is 1. The number of anilines is 1. The van der Waals surface area contributed by atoms with Crippen LogP contribution < -0.4 is 5.32 Å². The van der Waals surface area contributed by atoms with Gasteiger partial charge in [0.2, 0.25) is 5.91 Å². The van der Waals surface area contributed by atoms with Crippen LogP contribution in [0.25, 0.3) is 0 Å². The SMILES string of the molecule is O=C(CCC1CCCC1)Nc1ccc([N+](=O)[O-])cc1. The summed E-state index contributed by atoms with van der Waals surface area (Å²) in [6, 6.07) is 5.91. The Morgan fingerprint density at radius 3 is 2.47 bits per heavy atom. The van der Waals surface area contributed by atoms with E-state index < -0.39 is 4.92 Å². The highest BCUT2D eigenvalue weighted by atomic mass is 16.6. The summed E-state index contributed by atoms with van der Waals surface area (Å²) in [6.45, 7) is 0. The number of nitro benzene ring substituents is 1. The smallest absolute Gasteiger partial charge is 0.269 e. The molecule has 2 rings (SSSR count). The van der Waals surface area contributed by atoms with E-state index in [2.05, 4.69) is 5.32 Å². The van der Waals surface area contributed by atoms with Crippen LogP contribution in [0.4, 0.5) is 11.4 Å². The van der Waals surface area contributed by atoms with Crippen molar-refractivity contribution in [3.8, 4) is 0 Å². The number of amides is 1. The molecule has 0 aromatic heterocycles. The Kier molecular flexibility index (Phi) is 4.49. The fourth-order valence-electron chi connectivity index (χ4n) is 2.52. The van der Waals surface area contributed by atoms with Crippen LogP contribution in [-0.4, -0.2) is 10.8 Å². The normalized spacial score (nSPS) is 15.4. The van der Waals surface area contributed by atoms with Crippen LogP contribution in [0, 0.1) is 16.0 Å². The molecule has 0 bridgehead atoms. The lowest BCUT2D eigenvalue weighted by molar-refractivity contribution is -0.384. The summed E-state index contributed by atoms with van der Waals surface area (Å²) in [5, 5.41) is 13.3. The number of benzene rings is 1. The Bertz CT molecular complexity index is 450. The molecule has 102 valence electrons. The minimum Gasteiger partial charge on any atom is -0.326 e. The van der Waals surface area contributed by atoms with Crippen molar-refractivity contribution >= 4 is 17.3 Å². The highest BCUT2D eigenvalue weighted by molar-refractivity contribution is 5.90. The van der Waals surface area contributed by atoms with Crippen LogP contribution in [0.5, 0.6) is 0 Å². The second-order valence-corrected chi connectivity index (χ2v) is 5.04. The molecule has 0 aliphatic heterocycles. The summed E-state index contributed by atoms with van der Waals surface area (Å²) in [5.41, 5.74) is 0.644. The van der Waals surface area contributed by atoms with E-state index in [-0.39, 0.29) is 11.6 Å². The van der Waals surface area contributed by atoms with Crippen molar-refractivity contribution in [2.45, 2.75) is 38.5 Å². The van der Waals surface area contributed by atoms with Gasteiger partial charge in [0.25, 0.3) is 5.69 Å². The van der Waals surface area contributed by atoms with E-state index in [1.165, 1.54) is 37.8 Å². The van der Waals surface area contributed by atoms with Crippen molar-refractivity contribution in [2.75, 3.05) is 5.32 Å². The number of rotatable bonds is 5. The third-order valence-corrected chi connectivity index (χ3v) is 3.62. The minimum atomic E-state index is -0.453. The molecule has 0 atom stereocenters. The zero-order chi connectivity index (χ0) is 13.7. The number of nitrogens with one attached hydrogen (secondary N) is 1. The lowest BCUT2D eigenvalue weighted by atomic mass is 10.0. The average molecular weight is 262 g/mol. The fraction of sp³-hybridized carbons (Fsp3) is 0.500. The fourth-order valence-corrected chi connectivity index (χ4v) is 2.52. The highest BCUT2D eigenvalue weighted by Gasteiger charge is 2.16. The van der Waals surface area contributed by atoms with E-state index in [1.807, 2.05) is 0 Å². The molecule has 19 heavy (non-hydrogen) atoms. The van der Waals surface area contributed by atoms with E-state index in [1.54, 1.807) is 12.1 Å². The molecule has 1 N–H and O–H groups in total. The molecule has 1 fully saturated rings. The van der Waals surface area contributed by atoms with Gasteiger partial charge in [0.05, 0.1) is 4.92 Å². The molecule has 0 spiro atoms. The van der Waals surface area contributed by atoms with Crippen molar-refractivity contribution in [3.05, 3.63) is 34.4 Å². The maximum atomic E-state index is 11.7. The monoisotopic (exact) mass is 262 g/mol. The molecule has 1 saturated carbocycles. The van der Waals surface area contributed by atoms with Gasteiger partial charge < -0.3 is 5.32 Å². The number of carbonyl (C=O) groups excluding carboxylic acids is 1. The third kappa shape index (κ3) is 4.05. The molecule has 1 aromatic carbocycles. The Morgan fingerprint density at radius 1 is 1.26 bits per heavy atom. The Labute approximate surface area is 112 Å². The second-order valence-electron chi connectivity index (χ2n) is 5.04. The van der Waals surface area contributed by atoms with Gasteiger partial charge in [-0.2, -0.15) is 0 Å². The number of nitrogens with zero attached hydrogens (tertiary/aromatic N) is 1. The van der Waals surface area contributed by atoms with Crippen molar-refractivity contribution in [2.24, 2.45) is 5.92 Å². The molecule has 1 aromatic rings. The highest BCUT2D eigenvalue weighted by Crippen LogP contribution is 2.28. The summed E-state index contributed by atoms with van der Waals surface area (Å²) < 4.78 is 0. The Balaban J connectivity index is 1.79. The maximum absolute atomic E-state index is 11.7. The lowest BCUT2D eigenvalue weighted by Crippen LogP contribution is -2.12. The quantitative estimate of drug-likeness (QED) is 0.652. The summed E-state index contributed by atoms with van der Waals surface area (Å²) in [4.78, 5) is 21.8. The maximum Gasteiger partial charge on any atom is 0.269 e. The molecular weight excluding hydrogens is 244 g/mol. The number of carbonyl (C=O) groups is 1. The number of hydrogen-bond acceptors (Lipinski definition) is 3. The molecule has 5 nitrogen and oxygen atoms in total. The van der Waals surface area contributed by atoms with E-state index in [0.29, 0.717) is 18.0 Å². The van der Waals surface area contributed by atoms with E-state index in [0.717, 1.165) is 6.42 Å². The van der Waals surface area contributed by atoms with Crippen LogP contribution in [-0.2, 0) is 4.79 Å². The Hall–Kier alpha value is -1.91. The topological polar surface area (TPSA) is 72.2 Å². The summed E-state index contributed by atoms with van der Waals surface area (Å²) >= 11 is 0. The van der Waals surface area contributed by atoms with Crippen LogP contribution >= 0.6 is 0 Å². The van der Waals surface area contributed by atoms with Crippen LogP contribution in [0.15, 0.2) is 24.3 Å². The molecule has 0 saturated heterocycles. The van der Waals surface area contributed by atoms with Gasteiger partial charge in [-0.25, -0.2) is 0 Å². The van der Waals surface area contributed by atoms with Gasteiger partial charge in [-0.15, -0.1) is 0 Å². The zero-order valence-electron chi connectivity index (χ0n) is 10.8. The lowest BCUT2D eigenvalue weighted by Gasteiger charge is -2.09. The van der Waals surface area contributed by atoms with Gasteiger partial charge in [0, 0.05) is 24.2 Å². The Morgan fingerprint density at radius 2 is 1.89 bits per heavy atom. The van der Waals surface area contributed by atoms with Crippen molar-refractivity contribution in [1.82, 2.24) is 0 Å². The average Bonchev–Trinajstić information content (AvgIpc) is 2.90. The molecule has 0 heterocycles. The first-order valence-corrected chi connectivity index (χ1v) is 6.69. The summed E-state index contributed by atoms with van der Waals surface area (Å²) in [6.07, 6.45) is 6.53. The second kappa shape index (κ2) is 6.31. The molecular formula is C14H18N2O3. The van der Waals surface area contributed by atoms with E-state index >= 15 is 0 Å². The zero-order valence-corrected chi connectivity index (χ0v) is 10.8. The van der Waals surface area contributed by atoms with Crippen molar-refractivity contribution < 1.29 is 9.72 Å². The van der Waals surface area contributed by atoms with Crippen molar-refractivity contribution in [1.29, 1.82) is 0 Å². The standard InChI is InChI=1S/C14H18N2O3/c17-14(10-5-11-3-1-2-4-11)15-12-6-8-13(9-7-12)16(18)19/h6-9,11H,1-5,10H2,(H,15,17). The minimum absolute atomic E-state index is 0.0132.